The van der Waals surface area contributed by atoms with Crippen molar-refractivity contribution in [1.82, 2.24) is 0 Å². The van der Waals surface area contributed by atoms with Crippen molar-refractivity contribution in [2.24, 2.45) is 0 Å². The zero-order valence-corrected chi connectivity index (χ0v) is 7.77. The third-order valence-electron chi connectivity index (χ3n) is 1.52. The third-order valence-corrected chi connectivity index (χ3v) is 3.20. The Bertz CT molecular complexity index is 397. The van der Waals surface area contributed by atoms with Gasteiger partial charge >= 0.3 is 0 Å². The first-order valence-corrected chi connectivity index (χ1v) is 5.33. The summed E-state index contributed by atoms with van der Waals surface area (Å²) in [6, 6.07) is 3.76. The Labute approximate surface area is 79.3 Å². The van der Waals surface area contributed by atoms with Gasteiger partial charge in [-0.3, -0.25) is 0 Å². The van der Waals surface area contributed by atoms with Gasteiger partial charge in [-0.05, 0) is 24.3 Å². The minimum atomic E-state index is -3.99. The maximum atomic E-state index is 12.4. The van der Waals surface area contributed by atoms with Gasteiger partial charge in [-0.15, -0.1) is 0 Å². The van der Waals surface area contributed by atoms with Gasteiger partial charge in [0.1, 0.15) is 11.6 Å². The van der Waals surface area contributed by atoms with E-state index in [1.54, 1.807) is 0 Å². The molecule has 0 unspecified atom stereocenters. The number of halogens is 3. The van der Waals surface area contributed by atoms with Gasteiger partial charge in [0.25, 0.3) is 6.43 Å². The van der Waals surface area contributed by atoms with E-state index in [1.807, 2.05) is 0 Å². The molecule has 0 spiro atoms. The number of rotatable bonds is 3. The molecule has 0 saturated carbocycles. The molecule has 0 aromatic heterocycles. The van der Waals surface area contributed by atoms with Crippen molar-refractivity contribution >= 4 is 9.84 Å². The Morgan fingerprint density at radius 2 is 1.64 bits per heavy atom. The third kappa shape index (κ3) is 2.73. The molecule has 0 radical (unpaired) electrons. The summed E-state index contributed by atoms with van der Waals surface area (Å²) < 4.78 is 58.4. The molecule has 6 heteroatoms. The number of benzene rings is 1. The first-order valence-electron chi connectivity index (χ1n) is 3.68. The summed E-state index contributed by atoms with van der Waals surface area (Å²) in [5, 5.41) is 0. The lowest BCUT2D eigenvalue weighted by Gasteiger charge is -2.02. The van der Waals surface area contributed by atoms with Crippen molar-refractivity contribution in [2.45, 2.75) is 11.3 Å². The Hall–Kier alpha value is -1.04. The van der Waals surface area contributed by atoms with Crippen LogP contribution in [0.4, 0.5) is 13.2 Å². The molecule has 1 rings (SSSR count). The molecule has 0 atom stereocenters. The molecule has 1 aromatic carbocycles. The number of hydrogen-bond donors (Lipinski definition) is 0. The molecule has 0 fully saturated rings. The summed E-state index contributed by atoms with van der Waals surface area (Å²) in [5.74, 6) is -1.85. The number of hydrogen-bond acceptors (Lipinski definition) is 2. The van der Waals surface area contributed by atoms with Crippen molar-refractivity contribution < 1.29 is 21.6 Å². The average molecular weight is 224 g/mol. The van der Waals surface area contributed by atoms with Gasteiger partial charge in [-0.25, -0.2) is 21.6 Å². The Morgan fingerprint density at radius 1 is 1.14 bits per heavy atom. The summed E-state index contributed by atoms with van der Waals surface area (Å²) in [6.07, 6.45) is -2.93. The highest BCUT2D eigenvalue weighted by atomic mass is 32.2. The summed E-state index contributed by atoms with van der Waals surface area (Å²) in [6.45, 7) is 0. The first kappa shape index (κ1) is 11.0. The monoisotopic (exact) mass is 224 g/mol. The molecular formula is C8H7F3O2S. The van der Waals surface area contributed by atoms with Crippen molar-refractivity contribution in [3.8, 4) is 0 Å². The van der Waals surface area contributed by atoms with E-state index >= 15 is 0 Å². The van der Waals surface area contributed by atoms with E-state index in [9.17, 15) is 21.6 Å². The zero-order valence-electron chi connectivity index (χ0n) is 6.95. The molecule has 0 N–H and O–H groups in total. The smallest absolute Gasteiger partial charge is 0.223 e. The van der Waals surface area contributed by atoms with Crippen LogP contribution in [-0.2, 0) is 9.84 Å². The van der Waals surface area contributed by atoms with Gasteiger partial charge < -0.3 is 0 Å². The summed E-state index contributed by atoms with van der Waals surface area (Å²) >= 11 is 0. The highest BCUT2D eigenvalue weighted by molar-refractivity contribution is 7.91. The fraction of sp³-hybridized carbons (Fsp3) is 0.250. The molecule has 0 aliphatic carbocycles. The SMILES string of the molecule is O=S(=O)(CC(F)F)c1ccc(F)cc1. The molecule has 0 aliphatic heterocycles. The molecule has 78 valence electrons. The van der Waals surface area contributed by atoms with Crippen LogP contribution >= 0.6 is 0 Å². The van der Waals surface area contributed by atoms with Crippen LogP contribution in [0.15, 0.2) is 29.2 Å². The van der Waals surface area contributed by atoms with Gasteiger partial charge in [0.05, 0.1) is 4.90 Å². The second kappa shape index (κ2) is 4.00. The van der Waals surface area contributed by atoms with Crippen molar-refractivity contribution in [1.29, 1.82) is 0 Å². The van der Waals surface area contributed by atoms with Crippen LogP contribution in [0, 0.1) is 5.82 Å². The van der Waals surface area contributed by atoms with Crippen molar-refractivity contribution in [3.05, 3.63) is 30.1 Å². The lowest BCUT2D eigenvalue weighted by atomic mass is 10.4. The quantitative estimate of drug-likeness (QED) is 0.734. The first-order chi connectivity index (χ1) is 6.42. The second-order valence-electron chi connectivity index (χ2n) is 2.63. The fourth-order valence-corrected chi connectivity index (χ4v) is 1.98. The Balaban J connectivity index is 2.99. The van der Waals surface area contributed by atoms with Gasteiger partial charge in [-0.2, -0.15) is 0 Å². The normalized spacial score (nSPS) is 12.0. The van der Waals surface area contributed by atoms with Crippen LogP contribution in [0.2, 0.25) is 0 Å². The zero-order chi connectivity index (χ0) is 10.8. The van der Waals surface area contributed by atoms with Crippen LogP contribution in [0.1, 0.15) is 0 Å². The number of sulfone groups is 1. The highest BCUT2D eigenvalue weighted by Gasteiger charge is 2.20. The van der Waals surface area contributed by atoms with E-state index < -0.39 is 27.8 Å². The van der Waals surface area contributed by atoms with E-state index in [4.69, 9.17) is 0 Å². The second-order valence-corrected chi connectivity index (χ2v) is 4.66. The summed E-state index contributed by atoms with van der Waals surface area (Å²) in [5.41, 5.74) is 0. The van der Waals surface area contributed by atoms with Gasteiger partial charge in [0.2, 0.25) is 0 Å². The van der Waals surface area contributed by atoms with E-state index in [0.717, 1.165) is 24.3 Å². The lowest BCUT2D eigenvalue weighted by molar-refractivity contribution is 0.174. The van der Waals surface area contributed by atoms with Crippen LogP contribution in [0.25, 0.3) is 0 Å². The minimum absolute atomic E-state index is 0.292. The maximum Gasteiger partial charge on any atom is 0.252 e. The van der Waals surface area contributed by atoms with E-state index in [1.165, 1.54) is 0 Å². The van der Waals surface area contributed by atoms with Gasteiger partial charge in [0, 0.05) is 0 Å². The molecule has 1 aromatic rings. The largest absolute Gasteiger partial charge is 0.252 e. The lowest BCUT2D eigenvalue weighted by Crippen LogP contribution is -2.13. The van der Waals surface area contributed by atoms with Crippen LogP contribution in [0.3, 0.4) is 0 Å². The number of alkyl halides is 2. The van der Waals surface area contributed by atoms with Crippen molar-refractivity contribution in [2.75, 3.05) is 5.75 Å². The fourth-order valence-electron chi connectivity index (χ4n) is 0.904. The van der Waals surface area contributed by atoms with Crippen molar-refractivity contribution in [3.63, 3.8) is 0 Å². The molecule has 0 bridgehead atoms. The predicted molar refractivity (Wildman–Crippen MR) is 44.5 cm³/mol. The topological polar surface area (TPSA) is 34.1 Å². The van der Waals surface area contributed by atoms with Gasteiger partial charge in [-0.1, -0.05) is 0 Å². The standard InChI is InChI=1S/C8H7F3O2S/c9-6-1-3-7(4-2-6)14(12,13)5-8(10)11/h1-4,8H,5H2. The highest BCUT2D eigenvalue weighted by Crippen LogP contribution is 2.14. The molecule has 0 saturated heterocycles. The summed E-state index contributed by atoms with van der Waals surface area (Å²) in [4.78, 5) is -0.292. The Morgan fingerprint density at radius 3 is 2.07 bits per heavy atom. The van der Waals surface area contributed by atoms with Crippen LogP contribution in [0.5, 0.6) is 0 Å². The Kier molecular flexibility index (Phi) is 3.15. The molecule has 0 heterocycles. The predicted octanol–water partition coefficient (Wildman–Crippen LogP) is 1.86. The average Bonchev–Trinajstić information content (AvgIpc) is 2.02. The molecule has 14 heavy (non-hydrogen) atoms. The maximum absolute atomic E-state index is 12.4. The van der Waals surface area contributed by atoms with E-state index in [2.05, 4.69) is 0 Å². The molecule has 0 amide bonds. The molecule has 2 nitrogen and oxygen atoms in total. The van der Waals surface area contributed by atoms with Crippen LogP contribution in [-0.4, -0.2) is 20.6 Å². The molecule has 0 aliphatic rings. The van der Waals surface area contributed by atoms with E-state index in [0.29, 0.717) is 0 Å². The summed E-state index contributed by atoms with van der Waals surface area (Å²) in [7, 11) is -3.99. The molecular weight excluding hydrogens is 217 g/mol. The van der Waals surface area contributed by atoms with E-state index in [-0.39, 0.29) is 4.90 Å². The van der Waals surface area contributed by atoms with Gasteiger partial charge in [0.15, 0.2) is 9.84 Å². The minimum Gasteiger partial charge on any atom is -0.223 e. The van der Waals surface area contributed by atoms with Crippen LogP contribution < -0.4 is 0 Å².